The molecule has 0 aliphatic carbocycles. The summed E-state index contributed by atoms with van der Waals surface area (Å²) in [5.41, 5.74) is 0. The Hall–Kier alpha value is -0.120. The number of hydrogen-bond acceptors (Lipinski definition) is 3. The molecule has 0 radical (unpaired) electrons. The number of fused-ring (bicyclic) bond motifs is 1. The molecular formula is C15H31N3. The van der Waals surface area contributed by atoms with Gasteiger partial charge < -0.3 is 5.32 Å². The number of nitrogens with one attached hydrogen (secondary N) is 1. The van der Waals surface area contributed by atoms with E-state index < -0.39 is 0 Å². The predicted molar refractivity (Wildman–Crippen MR) is 78.0 cm³/mol. The van der Waals surface area contributed by atoms with Crippen LogP contribution in [0.4, 0.5) is 0 Å². The van der Waals surface area contributed by atoms with E-state index in [4.69, 9.17) is 0 Å². The molecule has 3 heteroatoms. The molecule has 106 valence electrons. The van der Waals surface area contributed by atoms with Crippen molar-refractivity contribution < 1.29 is 0 Å². The van der Waals surface area contributed by atoms with E-state index in [0.29, 0.717) is 12.1 Å². The Morgan fingerprint density at radius 3 is 2.83 bits per heavy atom. The van der Waals surface area contributed by atoms with Crippen LogP contribution in [0.3, 0.4) is 0 Å². The molecule has 2 heterocycles. The molecule has 2 saturated heterocycles. The SMILES string of the molecule is CCCC(C)NCC(C)N1CCN2CCCC2C1. The maximum Gasteiger partial charge on any atom is 0.0224 e. The number of hydrogen-bond donors (Lipinski definition) is 1. The third-order valence-corrected chi connectivity index (χ3v) is 4.73. The highest BCUT2D eigenvalue weighted by Gasteiger charge is 2.31. The van der Waals surface area contributed by atoms with Gasteiger partial charge in [0, 0.05) is 44.3 Å². The van der Waals surface area contributed by atoms with Gasteiger partial charge >= 0.3 is 0 Å². The van der Waals surface area contributed by atoms with Crippen molar-refractivity contribution in [3.63, 3.8) is 0 Å². The first-order chi connectivity index (χ1) is 8.70. The van der Waals surface area contributed by atoms with Gasteiger partial charge in [-0.3, -0.25) is 9.80 Å². The second-order valence-electron chi connectivity index (χ2n) is 6.27. The molecule has 0 spiro atoms. The third kappa shape index (κ3) is 3.69. The molecule has 1 N–H and O–H groups in total. The van der Waals surface area contributed by atoms with E-state index in [2.05, 4.69) is 35.9 Å². The van der Waals surface area contributed by atoms with Crippen LogP contribution in [-0.4, -0.2) is 60.6 Å². The van der Waals surface area contributed by atoms with Gasteiger partial charge in [-0.1, -0.05) is 13.3 Å². The van der Waals surface area contributed by atoms with Crippen molar-refractivity contribution in [3.05, 3.63) is 0 Å². The smallest absolute Gasteiger partial charge is 0.0224 e. The molecular weight excluding hydrogens is 222 g/mol. The van der Waals surface area contributed by atoms with Crippen molar-refractivity contribution in [3.8, 4) is 0 Å². The minimum Gasteiger partial charge on any atom is -0.313 e. The van der Waals surface area contributed by atoms with Gasteiger partial charge in [0.15, 0.2) is 0 Å². The molecule has 0 bridgehead atoms. The average molecular weight is 253 g/mol. The van der Waals surface area contributed by atoms with Gasteiger partial charge in [0.1, 0.15) is 0 Å². The summed E-state index contributed by atoms with van der Waals surface area (Å²) in [5, 5.41) is 3.69. The first-order valence-electron chi connectivity index (χ1n) is 7.92. The van der Waals surface area contributed by atoms with E-state index in [1.807, 2.05) is 0 Å². The van der Waals surface area contributed by atoms with Gasteiger partial charge in [-0.2, -0.15) is 0 Å². The lowest BCUT2D eigenvalue weighted by molar-refractivity contribution is 0.0760. The lowest BCUT2D eigenvalue weighted by Crippen LogP contribution is -2.55. The minimum absolute atomic E-state index is 0.671. The van der Waals surface area contributed by atoms with Gasteiger partial charge in [-0.25, -0.2) is 0 Å². The fourth-order valence-corrected chi connectivity index (χ4v) is 3.45. The van der Waals surface area contributed by atoms with Crippen LogP contribution < -0.4 is 5.32 Å². The molecule has 2 rings (SSSR count). The Labute approximate surface area is 113 Å². The summed E-state index contributed by atoms with van der Waals surface area (Å²) in [7, 11) is 0. The maximum atomic E-state index is 3.69. The molecule has 2 aliphatic heterocycles. The summed E-state index contributed by atoms with van der Waals surface area (Å²) in [6.07, 6.45) is 5.41. The molecule has 2 fully saturated rings. The van der Waals surface area contributed by atoms with E-state index in [-0.39, 0.29) is 0 Å². The summed E-state index contributed by atoms with van der Waals surface area (Å²) in [5.74, 6) is 0. The van der Waals surface area contributed by atoms with Crippen LogP contribution in [0, 0.1) is 0 Å². The quantitative estimate of drug-likeness (QED) is 0.780. The number of rotatable bonds is 6. The predicted octanol–water partition coefficient (Wildman–Crippen LogP) is 1.93. The lowest BCUT2D eigenvalue weighted by atomic mass is 10.1. The van der Waals surface area contributed by atoms with Gasteiger partial charge in [0.05, 0.1) is 0 Å². The van der Waals surface area contributed by atoms with Crippen LogP contribution in [0.2, 0.25) is 0 Å². The fourth-order valence-electron chi connectivity index (χ4n) is 3.45. The fraction of sp³-hybridized carbons (Fsp3) is 1.00. The topological polar surface area (TPSA) is 18.5 Å². The summed E-state index contributed by atoms with van der Waals surface area (Å²) in [6, 6.07) is 2.21. The van der Waals surface area contributed by atoms with Crippen molar-refractivity contribution in [1.82, 2.24) is 15.1 Å². The number of nitrogens with zero attached hydrogens (tertiary/aromatic N) is 2. The van der Waals surface area contributed by atoms with Gasteiger partial charge in [0.25, 0.3) is 0 Å². The Morgan fingerprint density at radius 2 is 2.06 bits per heavy atom. The third-order valence-electron chi connectivity index (χ3n) is 4.73. The van der Waals surface area contributed by atoms with Crippen LogP contribution in [-0.2, 0) is 0 Å². The normalized spacial score (nSPS) is 29.2. The molecule has 2 aliphatic rings. The Kier molecular flexibility index (Phi) is 5.46. The molecule has 3 atom stereocenters. The van der Waals surface area contributed by atoms with Gasteiger partial charge in [-0.05, 0) is 39.7 Å². The van der Waals surface area contributed by atoms with E-state index in [0.717, 1.165) is 12.6 Å². The van der Waals surface area contributed by atoms with E-state index >= 15 is 0 Å². The minimum atomic E-state index is 0.671. The monoisotopic (exact) mass is 253 g/mol. The second kappa shape index (κ2) is 6.88. The lowest BCUT2D eigenvalue weighted by Gasteiger charge is -2.40. The van der Waals surface area contributed by atoms with Gasteiger partial charge in [0.2, 0.25) is 0 Å². The van der Waals surface area contributed by atoms with Crippen LogP contribution >= 0.6 is 0 Å². The van der Waals surface area contributed by atoms with E-state index in [9.17, 15) is 0 Å². The summed E-state index contributed by atoms with van der Waals surface area (Å²) in [6.45, 7) is 13.3. The first-order valence-corrected chi connectivity index (χ1v) is 7.92. The van der Waals surface area contributed by atoms with E-state index in [1.165, 1.54) is 51.9 Å². The zero-order valence-electron chi connectivity index (χ0n) is 12.5. The van der Waals surface area contributed by atoms with Crippen molar-refractivity contribution in [1.29, 1.82) is 0 Å². The summed E-state index contributed by atoms with van der Waals surface area (Å²) >= 11 is 0. The average Bonchev–Trinajstić information content (AvgIpc) is 2.83. The molecule has 18 heavy (non-hydrogen) atoms. The van der Waals surface area contributed by atoms with Gasteiger partial charge in [-0.15, -0.1) is 0 Å². The van der Waals surface area contributed by atoms with Crippen molar-refractivity contribution in [2.45, 2.75) is 64.6 Å². The Balaban J connectivity index is 1.70. The highest BCUT2D eigenvalue weighted by molar-refractivity contribution is 4.89. The van der Waals surface area contributed by atoms with Crippen LogP contribution in [0.25, 0.3) is 0 Å². The van der Waals surface area contributed by atoms with Crippen molar-refractivity contribution in [2.75, 3.05) is 32.7 Å². The Morgan fingerprint density at radius 1 is 1.22 bits per heavy atom. The van der Waals surface area contributed by atoms with Crippen LogP contribution in [0.5, 0.6) is 0 Å². The molecule has 0 aromatic rings. The Bertz CT molecular complexity index is 244. The first kappa shape index (κ1) is 14.3. The molecule has 0 amide bonds. The highest BCUT2D eigenvalue weighted by atomic mass is 15.3. The van der Waals surface area contributed by atoms with E-state index in [1.54, 1.807) is 0 Å². The molecule has 0 aromatic heterocycles. The number of piperazine rings is 1. The van der Waals surface area contributed by atoms with Crippen LogP contribution in [0.1, 0.15) is 46.5 Å². The van der Waals surface area contributed by atoms with Crippen molar-refractivity contribution >= 4 is 0 Å². The molecule has 0 aromatic carbocycles. The largest absolute Gasteiger partial charge is 0.313 e. The maximum absolute atomic E-state index is 3.69. The highest BCUT2D eigenvalue weighted by Crippen LogP contribution is 2.22. The zero-order valence-corrected chi connectivity index (χ0v) is 12.5. The van der Waals surface area contributed by atoms with Crippen LogP contribution in [0.15, 0.2) is 0 Å². The standard InChI is InChI=1S/C15H31N3/c1-4-6-13(2)16-11-14(3)18-10-9-17-8-5-7-15(17)12-18/h13-16H,4-12H2,1-3H3. The summed E-state index contributed by atoms with van der Waals surface area (Å²) < 4.78 is 0. The summed E-state index contributed by atoms with van der Waals surface area (Å²) in [4.78, 5) is 5.38. The molecule has 0 saturated carbocycles. The second-order valence-corrected chi connectivity index (χ2v) is 6.27. The zero-order chi connectivity index (χ0) is 13.0. The van der Waals surface area contributed by atoms with Crippen molar-refractivity contribution in [2.24, 2.45) is 0 Å². The molecule has 3 unspecified atom stereocenters. The molecule has 3 nitrogen and oxygen atoms in total.